The maximum atomic E-state index is 13.2. The van der Waals surface area contributed by atoms with Crippen LogP contribution in [0.4, 0.5) is 0 Å². The van der Waals surface area contributed by atoms with Crippen molar-refractivity contribution in [3.05, 3.63) is 34.8 Å². The summed E-state index contributed by atoms with van der Waals surface area (Å²) in [5.74, 6) is 0.797. The average molecular weight is 552 g/mol. The highest BCUT2D eigenvalue weighted by atomic mass is 35.5. The molecule has 1 aliphatic carbocycles. The molecule has 1 N–H and O–H groups in total. The number of rotatable bonds is 6. The van der Waals surface area contributed by atoms with Gasteiger partial charge in [0, 0.05) is 43.8 Å². The number of benzene rings is 1. The molecule has 1 amide bonds. The van der Waals surface area contributed by atoms with Crippen molar-refractivity contribution in [1.82, 2.24) is 20.1 Å². The molecular weight excluding hydrogens is 515 g/mol. The zero-order valence-corrected chi connectivity index (χ0v) is 23.4. The molecule has 192 valence electrons. The van der Waals surface area contributed by atoms with Crippen LogP contribution in [-0.2, 0) is 0 Å². The fourth-order valence-electron chi connectivity index (χ4n) is 4.91. The SMILES string of the molecule is COc1cccc(-c2nc(C)c(C(=O)NCC3(N4CCN(C)CC4)CCCCC3)s2)c1.Cl.Cl.Cl. The van der Waals surface area contributed by atoms with Crippen LogP contribution >= 0.6 is 48.6 Å². The Kier molecular flexibility index (Phi) is 12.6. The Hall–Kier alpha value is -1.09. The van der Waals surface area contributed by atoms with Crippen molar-refractivity contribution in [1.29, 1.82) is 0 Å². The number of aryl methyl sites for hydroxylation is 1. The number of hydrogen-bond acceptors (Lipinski definition) is 6. The zero-order chi connectivity index (χ0) is 21.8. The number of carbonyl (C=O) groups excluding carboxylic acids is 1. The van der Waals surface area contributed by atoms with Gasteiger partial charge in [-0.1, -0.05) is 31.4 Å². The lowest BCUT2D eigenvalue weighted by molar-refractivity contribution is 0.0139. The lowest BCUT2D eigenvalue weighted by Crippen LogP contribution is -2.61. The first-order chi connectivity index (χ1) is 15.0. The number of aromatic nitrogens is 1. The number of thiazole rings is 1. The lowest BCUT2D eigenvalue weighted by atomic mass is 9.79. The van der Waals surface area contributed by atoms with Gasteiger partial charge in [-0.25, -0.2) is 4.98 Å². The Morgan fingerprint density at radius 3 is 2.44 bits per heavy atom. The normalized spacial score (nSPS) is 18.1. The second kappa shape index (κ2) is 13.9. The van der Waals surface area contributed by atoms with E-state index in [9.17, 15) is 4.79 Å². The van der Waals surface area contributed by atoms with Gasteiger partial charge in [0.25, 0.3) is 5.91 Å². The molecule has 2 fully saturated rings. The number of methoxy groups -OCH3 is 1. The highest BCUT2D eigenvalue weighted by molar-refractivity contribution is 7.17. The summed E-state index contributed by atoms with van der Waals surface area (Å²) in [6.45, 7) is 7.03. The molecule has 1 aromatic carbocycles. The number of piperazine rings is 1. The molecule has 1 aromatic heterocycles. The molecule has 10 heteroatoms. The van der Waals surface area contributed by atoms with Gasteiger partial charge in [-0.3, -0.25) is 9.69 Å². The molecule has 34 heavy (non-hydrogen) atoms. The number of likely N-dealkylation sites (N-methyl/N-ethyl adjacent to an activating group) is 1. The Morgan fingerprint density at radius 2 is 1.79 bits per heavy atom. The van der Waals surface area contributed by atoms with Crippen molar-refractivity contribution >= 4 is 54.5 Å². The van der Waals surface area contributed by atoms with E-state index in [1.54, 1.807) is 7.11 Å². The Bertz CT molecular complexity index is 913. The maximum Gasteiger partial charge on any atom is 0.263 e. The highest BCUT2D eigenvalue weighted by Gasteiger charge is 2.39. The van der Waals surface area contributed by atoms with Crippen LogP contribution in [0.3, 0.4) is 0 Å². The summed E-state index contributed by atoms with van der Waals surface area (Å²) in [7, 11) is 3.85. The Balaban J connectivity index is 0.00000193. The minimum atomic E-state index is 0. The van der Waals surface area contributed by atoms with Crippen LogP contribution in [0.2, 0.25) is 0 Å². The molecule has 2 aliphatic rings. The van der Waals surface area contributed by atoms with E-state index in [1.807, 2.05) is 31.2 Å². The van der Waals surface area contributed by atoms with Gasteiger partial charge in [-0.15, -0.1) is 48.6 Å². The summed E-state index contributed by atoms with van der Waals surface area (Å²) in [5.41, 5.74) is 1.87. The molecule has 0 atom stereocenters. The minimum absolute atomic E-state index is 0. The second-order valence-electron chi connectivity index (χ2n) is 8.92. The standard InChI is InChI=1S/C24H34N4O2S.3ClH/c1-18-21(31-23(26-18)19-8-7-9-20(16-19)30-3)22(29)25-17-24(10-5-4-6-11-24)28-14-12-27(2)13-15-28;;;/h7-9,16H,4-6,10-15,17H2,1-3H3,(H,25,29);3*1H. The van der Waals surface area contributed by atoms with Crippen molar-refractivity contribution in [3.8, 4) is 16.3 Å². The maximum absolute atomic E-state index is 13.2. The third-order valence-corrected chi connectivity index (χ3v) is 8.06. The van der Waals surface area contributed by atoms with Crippen LogP contribution in [0.5, 0.6) is 5.75 Å². The summed E-state index contributed by atoms with van der Waals surface area (Å²) < 4.78 is 5.33. The quantitative estimate of drug-likeness (QED) is 0.543. The predicted octanol–water partition coefficient (Wildman–Crippen LogP) is 5.07. The van der Waals surface area contributed by atoms with E-state index >= 15 is 0 Å². The average Bonchev–Trinajstić information content (AvgIpc) is 3.20. The van der Waals surface area contributed by atoms with E-state index < -0.39 is 0 Å². The second-order valence-corrected chi connectivity index (χ2v) is 9.92. The van der Waals surface area contributed by atoms with Crippen molar-refractivity contribution in [3.63, 3.8) is 0 Å². The van der Waals surface area contributed by atoms with Gasteiger partial charge in [0.2, 0.25) is 0 Å². The summed E-state index contributed by atoms with van der Waals surface area (Å²) >= 11 is 1.46. The van der Waals surface area contributed by atoms with Crippen molar-refractivity contribution in [2.45, 2.75) is 44.6 Å². The molecule has 4 rings (SSSR count). The van der Waals surface area contributed by atoms with Crippen LogP contribution < -0.4 is 10.1 Å². The molecule has 0 unspecified atom stereocenters. The summed E-state index contributed by atoms with van der Waals surface area (Å²) in [6, 6.07) is 7.84. The van der Waals surface area contributed by atoms with E-state index in [4.69, 9.17) is 4.74 Å². The molecule has 1 aliphatic heterocycles. The monoisotopic (exact) mass is 550 g/mol. The van der Waals surface area contributed by atoms with E-state index in [0.717, 1.165) is 54.7 Å². The zero-order valence-electron chi connectivity index (χ0n) is 20.2. The fraction of sp³-hybridized carbons (Fsp3) is 0.583. The molecule has 2 aromatic rings. The van der Waals surface area contributed by atoms with Gasteiger partial charge in [-0.05, 0) is 38.9 Å². The molecule has 1 saturated heterocycles. The molecule has 6 nitrogen and oxygen atoms in total. The highest BCUT2D eigenvalue weighted by Crippen LogP contribution is 2.35. The summed E-state index contributed by atoms with van der Waals surface area (Å²) in [6.07, 6.45) is 6.16. The third-order valence-electron chi connectivity index (χ3n) is 6.86. The number of halogens is 3. The van der Waals surface area contributed by atoms with Gasteiger partial charge >= 0.3 is 0 Å². The van der Waals surface area contributed by atoms with Crippen LogP contribution in [0.25, 0.3) is 10.6 Å². The number of nitrogens with one attached hydrogen (secondary N) is 1. The number of carbonyl (C=O) groups is 1. The van der Waals surface area contributed by atoms with Crippen molar-refractivity contribution in [2.75, 3.05) is 46.9 Å². The van der Waals surface area contributed by atoms with E-state index in [-0.39, 0.29) is 48.7 Å². The van der Waals surface area contributed by atoms with Gasteiger partial charge in [0.15, 0.2) is 0 Å². The molecule has 0 spiro atoms. The van der Waals surface area contributed by atoms with Crippen LogP contribution in [0.1, 0.15) is 47.5 Å². The third kappa shape index (κ3) is 6.99. The van der Waals surface area contributed by atoms with E-state index in [0.29, 0.717) is 4.88 Å². The van der Waals surface area contributed by atoms with Gasteiger partial charge in [0.1, 0.15) is 15.6 Å². The van der Waals surface area contributed by atoms with Crippen molar-refractivity contribution < 1.29 is 9.53 Å². The van der Waals surface area contributed by atoms with Crippen LogP contribution in [0.15, 0.2) is 24.3 Å². The van der Waals surface area contributed by atoms with Crippen LogP contribution in [0, 0.1) is 6.92 Å². The lowest BCUT2D eigenvalue weighted by Gasteiger charge is -2.49. The smallest absolute Gasteiger partial charge is 0.263 e. The topological polar surface area (TPSA) is 57.7 Å². The number of nitrogens with zero attached hydrogens (tertiary/aromatic N) is 3. The first kappa shape index (κ1) is 30.9. The van der Waals surface area contributed by atoms with Gasteiger partial charge in [-0.2, -0.15) is 0 Å². The van der Waals surface area contributed by atoms with Crippen molar-refractivity contribution in [2.24, 2.45) is 0 Å². The van der Waals surface area contributed by atoms with Crippen LogP contribution in [-0.4, -0.2) is 73.1 Å². The largest absolute Gasteiger partial charge is 0.497 e. The number of ether oxygens (including phenoxy) is 1. The van der Waals surface area contributed by atoms with E-state index in [2.05, 4.69) is 27.1 Å². The summed E-state index contributed by atoms with van der Waals surface area (Å²) in [4.78, 5) is 23.6. The fourth-order valence-corrected chi connectivity index (χ4v) is 5.89. The number of amides is 1. The predicted molar refractivity (Wildman–Crippen MR) is 148 cm³/mol. The van der Waals surface area contributed by atoms with E-state index in [1.165, 1.54) is 43.4 Å². The molecule has 1 saturated carbocycles. The first-order valence-corrected chi connectivity index (χ1v) is 12.2. The molecule has 0 radical (unpaired) electrons. The summed E-state index contributed by atoms with van der Waals surface area (Å²) in [5, 5.41) is 4.15. The first-order valence-electron chi connectivity index (χ1n) is 11.3. The van der Waals surface area contributed by atoms with Gasteiger partial charge < -0.3 is 15.0 Å². The Labute approximate surface area is 226 Å². The Morgan fingerprint density at radius 1 is 1.12 bits per heavy atom. The molecule has 0 bridgehead atoms. The number of hydrogen-bond donors (Lipinski definition) is 1. The minimum Gasteiger partial charge on any atom is -0.497 e. The van der Waals surface area contributed by atoms with Gasteiger partial charge in [0.05, 0.1) is 12.8 Å². The molecular formula is C24H37Cl3N4O2S. The molecule has 2 heterocycles.